The topological polar surface area (TPSA) is 66.8 Å². The molecule has 1 N–H and O–H groups in total. The Morgan fingerprint density at radius 2 is 2.15 bits per heavy atom. The van der Waals surface area contributed by atoms with Gasteiger partial charge in [-0.05, 0) is 0 Å². The van der Waals surface area contributed by atoms with E-state index in [9.17, 15) is 9.59 Å². The van der Waals surface area contributed by atoms with Crippen molar-refractivity contribution in [3.05, 3.63) is 0 Å². The first-order valence-corrected chi connectivity index (χ1v) is 4.09. The van der Waals surface area contributed by atoms with E-state index >= 15 is 0 Å². The molecule has 1 rings (SSSR count). The molecular weight excluding hydrogens is 174 g/mol. The first-order chi connectivity index (χ1) is 6.06. The predicted octanol–water partition coefficient (Wildman–Crippen LogP) is -0.293. The molecule has 5 nitrogen and oxygen atoms in total. The molecule has 1 fully saturated rings. The second kappa shape index (κ2) is 3.74. The zero-order chi connectivity index (χ0) is 10.0. The van der Waals surface area contributed by atoms with Gasteiger partial charge in [0, 0.05) is 27.0 Å². The van der Waals surface area contributed by atoms with Gasteiger partial charge in [-0.2, -0.15) is 0 Å². The summed E-state index contributed by atoms with van der Waals surface area (Å²) in [6, 6.07) is -0.720. The van der Waals surface area contributed by atoms with Crippen molar-refractivity contribution in [2.24, 2.45) is 0 Å². The molecule has 1 aliphatic heterocycles. The number of amides is 1. The van der Waals surface area contributed by atoms with Crippen LogP contribution in [0.2, 0.25) is 0 Å². The summed E-state index contributed by atoms with van der Waals surface area (Å²) >= 11 is 0. The van der Waals surface area contributed by atoms with E-state index in [1.807, 2.05) is 0 Å². The number of hydrogen-bond donors (Lipinski definition) is 1. The van der Waals surface area contributed by atoms with E-state index in [4.69, 9.17) is 9.84 Å². The third kappa shape index (κ3) is 1.98. The van der Waals surface area contributed by atoms with Crippen molar-refractivity contribution in [2.45, 2.75) is 25.5 Å². The number of likely N-dealkylation sites (tertiary alicyclic amines) is 1. The van der Waals surface area contributed by atoms with E-state index in [0.29, 0.717) is 13.0 Å². The number of rotatable bonds is 2. The maximum Gasteiger partial charge on any atom is 0.326 e. The van der Waals surface area contributed by atoms with Crippen LogP contribution in [0.4, 0.5) is 0 Å². The maximum absolute atomic E-state index is 11.0. The normalized spacial score (nSPS) is 27.7. The number of methoxy groups -OCH3 is 1. The van der Waals surface area contributed by atoms with Gasteiger partial charge in [0.2, 0.25) is 5.91 Å². The molecule has 0 saturated carbocycles. The molecule has 74 valence electrons. The number of carbonyl (C=O) groups excluding carboxylic acids is 1. The highest BCUT2D eigenvalue weighted by Gasteiger charge is 2.38. The lowest BCUT2D eigenvalue weighted by molar-refractivity contribution is -0.147. The third-order valence-electron chi connectivity index (χ3n) is 2.29. The number of aliphatic carboxylic acids is 1. The van der Waals surface area contributed by atoms with Crippen molar-refractivity contribution in [1.82, 2.24) is 4.90 Å². The lowest BCUT2D eigenvalue weighted by atomic mass is 10.2. The van der Waals surface area contributed by atoms with Crippen LogP contribution in [0.15, 0.2) is 0 Å². The van der Waals surface area contributed by atoms with Crippen molar-refractivity contribution in [2.75, 3.05) is 13.7 Å². The second-order valence-corrected chi connectivity index (χ2v) is 3.12. The molecule has 0 bridgehead atoms. The number of hydrogen-bond acceptors (Lipinski definition) is 3. The highest BCUT2D eigenvalue weighted by atomic mass is 16.5. The van der Waals surface area contributed by atoms with E-state index in [2.05, 4.69) is 0 Å². The second-order valence-electron chi connectivity index (χ2n) is 3.12. The maximum atomic E-state index is 11.0. The summed E-state index contributed by atoms with van der Waals surface area (Å²) in [5, 5.41) is 8.80. The average Bonchev–Trinajstić information content (AvgIpc) is 2.47. The summed E-state index contributed by atoms with van der Waals surface area (Å²) < 4.78 is 5.01. The average molecular weight is 187 g/mol. The Hall–Kier alpha value is -1.10. The molecule has 0 aliphatic carbocycles. The Labute approximate surface area is 76.3 Å². The number of ether oxygens (including phenoxy) is 1. The lowest BCUT2D eigenvalue weighted by Crippen LogP contribution is -2.39. The van der Waals surface area contributed by atoms with Crippen molar-refractivity contribution in [1.29, 1.82) is 0 Å². The molecule has 1 heterocycles. The van der Waals surface area contributed by atoms with Crippen molar-refractivity contribution in [3.8, 4) is 0 Å². The Morgan fingerprint density at radius 1 is 1.54 bits per heavy atom. The first-order valence-electron chi connectivity index (χ1n) is 4.09. The fourth-order valence-electron chi connectivity index (χ4n) is 1.55. The van der Waals surface area contributed by atoms with Gasteiger partial charge in [-0.3, -0.25) is 4.79 Å². The summed E-state index contributed by atoms with van der Waals surface area (Å²) in [5.41, 5.74) is 0. The minimum atomic E-state index is -0.963. The van der Waals surface area contributed by atoms with Gasteiger partial charge in [-0.25, -0.2) is 4.79 Å². The van der Waals surface area contributed by atoms with Crippen LogP contribution in [0.25, 0.3) is 0 Å². The van der Waals surface area contributed by atoms with Crippen LogP contribution in [0.1, 0.15) is 13.3 Å². The number of nitrogens with zero attached hydrogens (tertiary/aromatic N) is 1. The van der Waals surface area contributed by atoms with Crippen LogP contribution < -0.4 is 0 Å². The minimum absolute atomic E-state index is 0.148. The third-order valence-corrected chi connectivity index (χ3v) is 2.29. The van der Waals surface area contributed by atoms with Gasteiger partial charge in [0.15, 0.2) is 0 Å². The van der Waals surface area contributed by atoms with E-state index < -0.39 is 12.0 Å². The van der Waals surface area contributed by atoms with E-state index in [1.54, 1.807) is 0 Å². The molecule has 1 saturated heterocycles. The monoisotopic (exact) mass is 187 g/mol. The standard InChI is InChI=1S/C8H13NO4/c1-5(10)9-4-6(13-2)3-7(9)8(11)12/h6-7H,3-4H2,1-2H3,(H,11,12)/t6-,7?/m1/s1. The van der Waals surface area contributed by atoms with Crippen LogP contribution >= 0.6 is 0 Å². The van der Waals surface area contributed by atoms with Crippen molar-refractivity contribution in [3.63, 3.8) is 0 Å². The van der Waals surface area contributed by atoms with Gasteiger partial charge in [-0.1, -0.05) is 0 Å². The van der Waals surface area contributed by atoms with Crippen molar-refractivity contribution >= 4 is 11.9 Å². The molecule has 5 heteroatoms. The summed E-state index contributed by atoms with van der Waals surface area (Å²) in [7, 11) is 1.52. The largest absolute Gasteiger partial charge is 0.480 e. The molecule has 1 amide bonds. The van der Waals surface area contributed by atoms with Gasteiger partial charge in [-0.15, -0.1) is 0 Å². The van der Waals surface area contributed by atoms with E-state index in [-0.39, 0.29) is 12.0 Å². The van der Waals surface area contributed by atoms with E-state index in [0.717, 1.165) is 0 Å². The first kappa shape index (κ1) is 9.98. The van der Waals surface area contributed by atoms with Crippen LogP contribution in [0.3, 0.4) is 0 Å². The predicted molar refractivity (Wildman–Crippen MR) is 44.2 cm³/mol. The van der Waals surface area contributed by atoms with Gasteiger partial charge in [0.1, 0.15) is 6.04 Å². The number of carboxylic acids is 1. The summed E-state index contributed by atoms with van der Waals surface area (Å²) in [6.07, 6.45) is 0.232. The molecule has 0 aromatic heterocycles. The summed E-state index contributed by atoms with van der Waals surface area (Å²) in [6.45, 7) is 1.75. The lowest BCUT2D eigenvalue weighted by Gasteiger charge is -2.18. The Bertz CT molecular complexity index is 206. The Balaban J connectivity index is 2.71. The smallest absolute Gasteiger partial charge is 0.326 e. The Kier molecular flexibility index (Phi) is 2.87. The molecule has 0 aromatic carbocycles. The molecule has 1 unspecified atom stereocenters. The van der Waals surface area contributed by atoms with Crippen LogP contribution in [0.5, 0.6) is 0 Å². The summed E-state index contributed by atoms with van der Waals surface area (Å²) in [4.78, 5) is 23.1. The molecule has 2 atom stereocenters. The Morgan fingerprint density at radius 3 is 2.46 bits per heavy atom. The van der Waals surface area contributed by atoms with Crippen LogP contribution in [0, 0.1) is 0 Å². The van der Waals surface area contributed by atoms with Gasteiger partial charge >= 0.3 is 5.97 Å². The van der Waals surface area contributed by atoms with Gasteiger partial charge in [0.25, 0.3) is 0 Å². The zero-order valence-electron chi connectivity index (χ0n) is 7.69. The van der Waals surface area contributed by atoms with Crippen LogP contribution in [-0.2, 0) is 14.3 Å². The molecule has 0 aromatic rings. The minimum Gasteiger partial charge on any atom is -0.480 e. The molecular formula is C8H13NO4. The molecule has 13 heavy (non-hydrogen) atoms. The molecule has 0 radical (unpaired) electrons. The molecule has 0 spiro atoms. The van der Waals surface area contributed by atoms with Gasteiger partial charge < -0.3 is 14.7 Å². The fourth-order valence-corrected chi connectivity index (χ4v) is 1.55. The number of carboxylic acid groups (broad SMARTS) is 1. The summed E-state index contributed by atoms with van der Waals surface area (Å²) in [5.74, 6) is -1.18. The number of carbonyl (C=O) groups is 2. The van der Waals surface area contributed by atoms with Gasteiger partial charge in [0.05, 0.1) is 6.10 Å². The zero-order valence-corrected chi connectivity index (χ0v) is 7.69. The fraction of sp³-hybridized carbons (Fsp3) is 0.750. The molecule has 1 aliphatic rings. The quantitative estimate of drug-likeness (QED) is 0.645. The SMILES string of the molecule is CO[C@@H]1CC(C(=O)O)N(C(C)=O)C1. The van der Waals surface area contributed by atoms with Crippen LogP contribution in [-0.4, -0.2) is 47.7 Å². The van der Waals surface area contributed by atoms with E-state index in [1.165, 1.54) is 18.9 Å². The highest BCUT2D eigenvalue weighted by Crippen LogP contribution is 2.19. The van der Waals surface area contributed by atoms with Crippen molar-refractivity contribution < 1.29 is 19.4 Å². The highest BCUT2D eigenvalue weighted by molar-refractivity contribution is 5.83.